The van der Waals surface area contributed by atoms with Crippen molar-refractivity contribution < 1.29 is 20.1 Å². The largest absolute Gasteiger partial charge is 0.491 e. The summed E-state index contributed by atoms with van der Waals surface area (Å²) >= 11 is 0. The molecule has 5 heteroatoms. The van der Waals surface area contributed by atoms with E-state index >= 15 is 0 Å². The summed E-state index contributed by atoms with van der Waals surface area (Å²) in [6, 6.07) is 13.5. The van der Waals surface area contributed by atoms with Crippen LogP contribution in [0.2, 0.25) is 0 Å². The minimum Gasteiger partial charge on any atom is -0.457 e. The van der Waals surface area contributed by atoms with Gasteiger partial charge in [0.15, 0.2) is 0 Å². The molecular formula is C14H15BNO3+. The Morgan fingerprint density at radius 1 is 1.21 bits per heavy atom. The van der Waals surface area contributed by atoms with Crippen LogP contribution in [-0.2, 0) is 17.8 Å². The number of ether oxygens (including phenoxy) is 1. The van der Waals surface area contributed by atoms with Gasteiger partial charge in [0, 0.05) is 5.56 Å². The molecule has 0 radical (unpaired) electrons. The van der Waals surface area contributed by atoms with Crippen LogP contribution in [0.5, 0.6) is 11.5 Å². The van der Waals surface area contributed by atoms with Gasteiger partial charge >= 0.3 is 7.12 Å². The third kappa shape index (κ3) is 2.49. The molecule has 0 saturated heterocycles. The molecule has 0 fully saturated rings. The van der Waals surface area contributed by atoms with Crippen molar-refractivity contribution in [3.63, 3.8) is 0 Å². The minimum atomic E-state index is -0.843. The van der Waals surface area contributed by atoms with Crippen molar-refractivity contribution in [2.45, 2.75) is 13.2 Å². The Bertz CT molecular complexity index is 603. The Morgan fingerprint density at radius 3 is 2.89 bits per heavy atom. The second kappa shape index (κ2) is 5.05. The SMILES string of the molecule is [NH3+]Cc1cccc(Oc2ccc3c(c2)B(O)OC3)c1. The van der Waals surface area contributed by atoms with Crippen LogP contribution in [0.4, 0.5) is 0 Å². The maximum absolute atomic E-state index is 9.67. The zero-order chi connectivity index (χ0) is 13.2. The third-order valence-electron chi connectivity index (χ3n) is 3.20. The summed E-state index contributed by atoms with van der Waals surface area (Å²) in [4.78, 5) is 0. The van der Waals surface area contributed by atoms with Crippen molar-refractivity contribution >= 4 is 12.6 Å². The first-order chi connectivity index (χ1) is 9.26. The van der Waals surface area contributed by atoms with Gasteiger partial charge in [0.05, 0.1) is 13.2 Å². The van der Waals surface area contributed by atoms with Crippen LogP contribution in [-0.4, -0.2) is 12.1 Å². The van der Waals surface area contributed by atoms with Crippen molar-refractivity contribution in [1.82, 2.24) is 0 Å². The van der Waals surface area contributed by atoms with Crippen LogP contribution in [0.25, 0.3) is 0 Å². The molecule has 0 aliphatic carbocycles. The molecular weight excluding hydrogens is 241 g/mol. The van der Waals surface area contributed by atoms with Gasteiger partial charge in [-0.25, -0.2) is 0 Å². The predicted octanol–water partition coefficient (Wildman–Crippen LogP) is 0.438. The van der Waals surface area contributed by atoms with Crippen molar-refractivity contribution in [3.8, 4) is 11.5 Å². The summed E-state index contributed by atoms with van der Waals surface area (Å²) in [5, 5.41) is 9.67. The van der Waals surface area contributed by atoms with E-state index in [-0.39, 0.29) is 0 Å². The van der Waals surface area contributed by atoms with Gasteiger partial charge < -0.3 is 20.1 Å². The van der Waals surface area contributed by atoms with Crippen LogP contribution in [0.3, 0.4) is 0 Å². The summed E-state index contributed by atoms with van der Waals surface area (Å²) in [7, 11) is -0.843. The predicted molar refractivity (Wildman–Crippen MR) is 71.9 cm³/mol. The zero-order valence-corrected chi connectivity index (χ0v) is 10.5. The fraction of sp³-hybridized carbons (Fsp3) is 0.143. The molecule has 19 heavy (non-hydrogen) atoms. The molecule has 4 N–H and O–H groups in total. The average Bonchev–Trinajstić information content (AvgIpc) is 2.80. The minimum absolute atomic E-state index is 0.452. The van der Waals surface area contributed by atoms with E-state index in [1.165, 1.54) is 0 Å². The average molecular weight is 256 g/mol. The Balaban J connectivity index is 1.85. The van der Waals surface area contributed by atoms with Gasteiger partial charge in [0.2, 0.25) is 0 Å². The Labute approximate surface area is 111 Å². The molecule has 0 amide bonds. The van der Waals surface area contributed by atoms with Gasteiger partial charge in [-0.05, 0) is 35.3 Å². The second-order valence-corrected chi connectivity index (χ2v) is 4.52. The van der Waals surface area contributed by atoms with E-state index in [2.05, 4.69) is 5.73 Å². The molecule has 0 atom stereocenters. The van der Waals surface area contributed by atoms with Crippen molar-refractivity contribution in [2.75, 3.05) is 0 Å². The number of fused-ring (bicyclic) bond motifs is 1. The molecule has 0 bridgehead atoms. The van der Waals surface area contributed by atoms with Crippen LogP contribution >= 0.6 is 0 Å². The highest BCUT2D eigenvalue weighted by atomic mass is 16.5. The summed E-state index contributed by atoms with van der Waals surface area (Å²) in [6.07, 6.45) is 0. The summed E-state index contributed by atoms with van der Waals surface area (Å²) in [5.41, 5.74) is 6.77. The number of benzene rings is 2. The van der Waals surface area contributed by atoms with E-state index in [4.69, 9.17) is 9.39 Å². The lowest BCUT2D eigenvalue weighted by Gasteiger charge is -2.08. The molecule has 1 aliphatic rings. The fourth-order valence-corrected chi connectivity index (χ4v) is 2.16. The quantitative estimate of drug-likeness (QED) is 0.783. The van der Waals surface area contributed by atoms with Crippen molar-refractivity contribution in [2.24, 2.45) is 0 Å². The molecule has 0 spiro atoms. The number of quaternary nitrogens is 1. The maximum atomic E-state index is 9.67. The van der Waals surface area contributed by atoms with Gasteiger partial charge in [-0.2, -0.15) is 0 Å². The molecule has 1 heterocycles. The molecule has 2 aromatic carbocycles. The highest BCUT2D eigenvalue weighted by Gasteiger charge is 2.27. The molecule has 0 unspecified atom stereocenters. The third-order valence-corrected chi connectivity index (χ3v) is 3.20. The summed E-state index contributed by atoms with van der Waals surface area (Å²) in [6.45, 7) is 1.18. The van der Waals surface area contributed by atoms with Crippen molar-refractivity contribution in [3.05, 3.63) is 53.6 Å². The van der Waals surface area contributed by atoms with E-state index in [0.717, 1.165) is 28.9 Å². The Hall–Kier alpha value is -1.82. The van der Waals surface area contributed by atoms with Crippen molar-refractivity contribution in [1.29, 1.82) is 0 Å². The maximum Gasteiger partial charge on any atom is 0.491 e. The molecule has 96 valence electrons. The van der Waals surface area contributed by atoms with E-state index in [0.29, 0.717) is 12.4 Å². The monoisotopic (exact) mass is 256 g/mol. The highest BCUT2D eigenvalue weighted by Crippen LogP contribution is 2.23. The fourth-order valence-electron chi connectivity index (χ4n) is 2.16. The van der Waals surface area contributed by atoms with Crippen LogP contribution in [0, 0.1) is 0 Å². The van der Waals surface area contributed by atoms with Crippen LogP contribution in [0.15, 0.2) is 42.5 Å². The van der Waals surface area contributed by atoms with Gasteiger partial charge in [-0.3, -0.25) is 0 Å². The van der Waals surface area contributed by atoms with Gasteiger partial charge in [-0.1, -0.05) is 18.2 Å². The molecule has 3 rings (SSSR count). The van der Waals surface area contributed by atoms with E-state index in [1.807, 2.05) is 42.5 Å². The molecule has 4 nitrogen and oxygen atoms in total. The lowest BCUT2D eigenvalue weighted by molar-refractivity contribution is -0.386. The zero-order valence-electron chi connectivity index (χ0n) is 10.5. The molecule has 0 saturated carbocycles. The molecule has 0 aromatic heterocycles. The first kappa shape index (κ1) is 12.2. The number of rotatable bonds is 3. The Morgan fingerprint density at radius 2 is 2.05 bits per heavy atom. The lowest BCUT2D eigenvalue weighted by Crippen LogP contribution is -2.47. The van der Waals surface area contributed by atoms with Crippen LogP contribution in [0.1, 0.15) is 11.1 Å². The molecule has 2 aromatic rings. The van der Waals surface area contributed by atoms with Gasteiger partial charge in [0.1, 0.15) is 11.5 Å². The molecule has 1 aliphatic heterocycles. The summed E-state index contributed by atoms with van der Waals surface area (Å²) < 4.78 is 11.0. The second-order valence-electron chi connectivity index (χ2n) is 4.52. The Kier molecular flexibility index (Phi) is 3.25. The number of hydrogen-bond acceptors (Lipinski definition) is 3. The highest BCUT2D eigenvalue weighted by molar-refractivity contribution is 6.61. The van der Waals surface area contributed by atoms with Gasteiger partial charge in [0.25, 0.3) is 0 Å². The topological polar surface area (TPSA) is 66.3 Å². The normalized spacial score (nSPS) is 13.5. The van der Waals surface area contributed by atoms with Gasteiger partial charge in [-0.15, -0.1) is 0 Å². The van der Waals surface area contributed by atoms with E-state index in [9.17, 15) is 5.02 Å². The lowest BCUT2D eigenvalue weighted by atomic mass is 9.79. The summed E-state index contributed by atoms with van der Waals surface area (Å²) in [5.74, 6) is 1.47. The standard InChI is InChI=1S/C14H14BNO3/c16-8-10-2-1-3-12(6-10)19-13-5-4-11-9-18-15(17)14(11)7-13/h1-7,17H,8-9,16H2/p+1. The first-order valence-electron chi connectivity index (χ1n) is 6.25. The number of hydrogen-bond donors (Lipinski definition) is 2. The smallest absolute Gasteiger partial charge is 0.457 e. The van der Waals surface area contributed by atoms with Crippen LogP contribution < -0.4 is 15.9 Å². The van der Waals surface area contributed by atoms with E-state index in [1.54, 1.807) is 0 Å². The first-order valence-corrected chi connectivity index (χ1v) is 6.25. The van der Waals surface area contributed by atoms with E-state index < -0.39 is 7.12 Å².